The molecule has 136 valence electrons. The zero-order chi connectivity index (χ0) is 18.6. The molecular formula is C18H32N2O3Si. The van der Waals surface area contributed by atoms with Crippen molar-refractivity contribution in [3.05, 3.63) is 29.8 Å². The van der Waals surface area contributed by atoms with Gasteiger partial charge < -0.3 is 14.9 Å². The number of carbonyl (C=O) groups is 1. The summed E-state index contributed by atoms with van der Waals surface area (Å²) < 4.78 is 11.4. The summed E-state index contributed by atoms with van der Waals surface area (Å²) in [4.78, 5) is 12.0. The van der Waals surface area contributed by atoms with E-state index in [9.17, 15) is 4.79 Å². The zero-order valence-electron chi connectivity index (χ0n) is 16.0. The number of nitrogens with one attached hydrogen (secondary N) is 1. The Balaban J connectivity index is 2.75. The summed E-state index contributed by atoms with van der Waals surface area (Å²) >= 11 is 0. The molecule has 0 aliphatic carbocycles. The van der Waals surface area contributed by atoms with Crippen LogP contribution >= 0.6 is 0 Å². The molecule has 0 aliphatic rings. The lowest BCUT2D eigenvalue weighted by molar-refractivity contribution is -0.125. The first kappa shape index (κ1) is 20.7. The van der Waals surface area contributed by atoms with E-state index >= 15 is 0 Å². The average molecular weight is 353 g/mol. The molecular weight excluding hydrogens is 320 g/mol. The summed E-state index contributed by atoms with van der Waals surface area (Å²) in [6.45, 7) is 13.4. The summed E-state index contributed by atoms with van der Waals surface area (Å²) in [7, 11) is -0.311. The largest absolute Gasteiger partial charge is 0.497 e. The van der Waals surface area contributed by atoms with Crippen molar-refractivity contribution in [3.63, 3.8) is 0 Å². The van der Waals surface area contributed by atoms with Gasteiger partial charge in [-0.25, -0.2) is 0 Å². The number of carbonyl (C=O) groups excluding carboxylic acids is 1. The first-order valence-corrected chi connectivity index (χ1v) is 11.1. The van der Waals surface area contributed by atoms with Gasteiger partial charge in [0.1, 0.15) is 11.3 Å². The number of benzene rings is 1. The van der Waals surface area contributed by atoms with Crippen molar-refractivity contribution < 1.29 is 14.0 Å². The van der Waals surface area contributed by atoms with Gasteiger partial charge >= 0.3 is 0 Å². The van der Waals surface area contributed by atoms with Crippen LogP contribution in [-0.2, 0) is 15.8 Å². The van der Waals surface area contributed by atoms with E-state index in [1.807, 2.05) is 24.3 Å². The maximum absolute atomic E-state index is 12.0. The molecule has 0 saturated carbocycles. The number of hydrogen-bond donors (Lipinski definition) is 2. The Morgan fingerprint density at radius 2 is 1.71 bits per heavy atom. The molecule has 1 aromatic rings. The van der Waals surface area contributed by atoms with Gasteiger partial charge in [0.05, 0.1) is 13.7 Å². The molecule has 5 nitrogen and oxygen atoms in total. The number of hydrogen-bond acceptors (Lipinski definition) is 4. The quantitative estimate of drug-likeness (QED) is 0.705. The van der Waals surface area contributed by atoms with Crippen LogP contribution < -0.4 is 15.8 Å². The lowest BCUT2D eigenvalue weighted by Gasteiger charge is -2.39. The molecule has 1 atom stereocenters. The number of methoxy groups -OCH3 is 1. The zero-order valence-corrected chi connectivity index (χ0v) is 17.0. The standard InChI is InChI=1S/C18H32N2O3Si/c1-17(2,3)24(6,7)23-13-18(4,16(19)21)20-12-14-8-10-15(22-5)11-9-14/h8-11,20H,12-13H2,1-7H3,(H2,19,21)/t18-/m0/s1. The van der Waals surface area contributed by atoms with E-state index in [2.05, 4.69) is 39.2 Å². The highest BCUT2D eigenvalue weighted by atomic mass is 28.4. The Kier molecular flexibility index (Phi) is 6.61. The van der Waals surface area contributed by atoms with Crippen LogP contribution in [0, 0.1) is 0 Å². The van der Waals surface area contributed by atoms with Crippen molar-refractivity contribution in [2.45, 2.75) is 57.9 Å². The fourth-order valence-corrected chi connectivity index (χ4v) is 2.87. The minimum absolute atomic E-state index is 0.0849. The summed E-state index contributed by atoms with van der Waals surface area (Å²) in [6.07, 6.45) is 0. The fourth-order valence-electron chi connectivity index (χ4n) is 1.79. The number of primary amides is 1. The van der Waals surface area contributed by atoms with E-state index in [4.69, 9.17) is 14.9 Å². The monoisotopic (exact) mass is 352 g/mol. The van der Waals surface area contributed by atoms with Crippen LogP contribution in [0.2, 0.25) is 18.1 Å². The number of rotatable bonds is 8. The van der Waals surface area contributed by atoms with E-state index in [-0.39, 0.29) is 11.6 Å². The van der Waals surface area contributed by atoms with Gasteiger partial charge in [0.25, 0.3) is 0 Å². The summed E-state index contributed by atoms with van der Waals surface area (Å²) in [5.41, 5.74) is 5.78. The van der Waals surface area contributed by atoms with Gasteiger partial charge in [0.15, 0.2) is 8.32 Å². The third kappa shape index (κ3) is 5.33. The van der Waals surface area contributed by atoms with E-state index in [1.165, 1.54) is 0 Å². The van der Waals surface area contributed by atoms with Gasteiger partial charge in [0.2, 0.25) is 5.91 Å². The lowest BCUT2D eigenvalue weighted by Crippen LogP contribution is -2.58. The van der Waals surface area contributed by atoms with Crippen LogP contribution in [-0.4, -0.2) is 33.5 Å². The summed E-state index contributed by atoms with van der Waals surface area (Å²) in [5.74, 6) is 0.396. The Morgan fingerprint density at radius 1 is 1.17 bits per heavy atom. The van der Waals surface area contributed by atoms with Crippen LogP contribution in [0.1, 0.15) is 33.3 Å². The normalized spacial score (nSPS) is 15.0. The second-order valence-electron chi connectivity index (χ2n) is 7.95. The summed E-state index contributed by atoms with van der Waals surface area (Å²) in [5, 5.41) is 3.34. The highest BCUT2D eigenvalue weighted by molar-refractivity contribution is 6.74. The fraction of sp³-hybridized carbons (Fsp3) is 0.611. The van der Waals surface area contributed by atoms with Gasteiger partial charge in [-0.15, -0.1) is 0 Å². The van der Waals surface area contributed by atoms with Crippen LogP contribution in [0.4, 0.5) is 0 Å². The molecule has 1 amide bonds. The second-order valence-corrected chi connectivity index (χ2v) is 12.8. The van der Waals surface area contributed by atoms with Crippen molar-refractivity contribution in [1.82, 2.24) is 5.32 Å². The molecule has 0 aromatic heterocycles. The highest BCUT2D eigenvalue weighted by Gasteiger charge is 2.40. The van der Waals surface area contributed by atoms with Crippen molar-refractivity contribution in [2.75, 3.05) is 13.7 Å². The topological polar surface area (TPSA) is 73.6 Å². The Hall–Kier alpha value is -1.37. The molecule has 1 rings (SSSR count). The molecule has 0 bridgehead atoms. The van der Waals surface area contributed by atoms with Gasteiger partial charge in [-0.3, -0.25) is 10.1 Å². The Labute approximate surface area is 147 Å². The molecule has 0 aliphatic heterocycles. The first-order chi connectivity index (χ1) is 10.9. The smallest absolute Gasteiger partial charge is 0.239 e. The third-order valence-corrected chi connectivity index (χ3v) is 9.39. The molecule has 3 N–H and O–H groups in total. The van der Waals surface area contributed by atoms with E-state index in [1.54, 1.807) is 14.0 Å². The van der Waals surface area contributed by atoms with Crippen molar-refractivity contribution in [1.29, 1.82) is 0 Å². The van der Waals surface area contributed by atoms with Crippen LogP contribution in [0.5, 0.6) is 5.75 Å². The van der Waals surface area contributed by atoms with E-state index in [0.29, 0.717) is 6.54 Å². The van der Waals surface area contributed by atoms with Crippen molar-refractivity contribution in [2.24, 2.45) is 5.73 Å². The molecule has 24 heavy (non-hydrogen) atoms. The predicted molar refractivity (Wildman–Crippen MR) is 101 cm³/mol. The molecule has 1 aromatic carbocycles. The van der Waals surface area contributed by atoms with Gasteiger partial charge in [-0.1, -0.05) is 32.9 Å². The minimum atomic E-state index is -1.95. The number of amides is 1. The van der Waals surface area contributed by atoms with Crippen LogP contribution in [0.15, 0.2) is 24.3 Å². The summed E-state index contributed by atoms with van der Waals surface area (Å²) in [6, 6.07) is 7.71. The molecule has 0 heterocycles. The van der Waals surface area contributed by atoms with Gasteiger partial charge in [-0.05, 0) is 42.8 Å². The maximum atomic E-state index is 12.0. The first-order valence-electron chi connectivity index (χ1n) is 8.23. The lowest BCUT2D eigenvalue weighted by atomic mass is 10.0. The van der Waals surface area contributed by atoms with Crippen LogP contribution in [0.3, 0.4) is 0 Å². The third-order valence-electron chi connectivity index (χ3n) is 4.91. The highest BCUT2D eigenvalue weighted by Crippen LogP contribution is 2.37. The van der Waals surface area contributed by atoms with E-state index < -0.39 is 19.8 Å². The second kappa shape index (κ2) is 7.67. The average Bonchev–Trinajstić information content (AvgIpc) is 2.50. The molecule has 0 spiro atoms. The molecule has 0 unspecified atom stereocenters. The Bertz CT molecular complexity index is 552. The number of ether oxygens (including phenoxy) is 1. The van der Waals surface area contributed by atoms with Crippen molar-refractivity contribution in [3.8, 4) is 5.75 Å². The van der Waals surface area contributed by atoms with E-state index in [0.717, 1.165) is 11.3 Å². The molecule has 0 saturated heterocycles. The molecule has 0 fully saturated rings. The molecule has 6 heteroatoms. The SMILES string of the molecule is COc1ccc(CN[C@@](C)(CO[Si](C)(C)C(C)(C)C)C(N)=O)cc1. The van der Waals surface area contributed by atoms with Crippen molar-refractivity contribution >= 4 is 14.2 Å². The maximum Gasteiger partial charge on any atom is 0.239 e. The minimum Gasteiger partial charge on any atom is -0.497 e. The molecule has 0 radical (unpaired) electrons. The Morgan fingerprint density at radius 3 is 2.12 bits per heavy atom. The van der Waals surface area contributed by atoms with Gasteiger partial charge in [0, 0.05) is 6.54 Å². The van der Waals surface area contributed by atoms with Gasteiger partial charge in [-0.2, -0.15) is 0 Å². The number of nitrogens with two attached hydrogens (primary N) is 1. The van der Waals surface area contributed by atoms with Crippen LogP contribution in [0.25, 0.3) is 0 Å². The predicted octanol–water partition coefficient (Wildman–Crippen LogP) is 3.05.